The lowest BCUT2D eigenvalue weighted by Gasteiger charge is -2.19. The van der Waals surface area contributed by atoms with Crippen LogP contribution in [0.4, 0.5) is 23.8 Å². The van der Waals surface area contributed by atoms with E-state index < -0.39 is 24.5 Å². The smallest absolute Gasteiger partial charge is 0.422 e. The topological polar surface area (TPSA) is 65.4 Å². The lowest BCUT2D eigenvalue weighted by molar-refractivity contribution is -0.154. The summed E-state index contributed by atoms with van der Waals surface area (Å²) in [4.78, 5) is 11.5. The van der Waals surface area contributed by atoms with Crippen LogP contribution in [0.3, 0.4) is 0 Å². The maximum Gasteiger partial charge on any atom is 0.422 e. The number of nitrogens with zero attached hydrogens (tertiary/aromatic N) is 2. The molecule has 1 N–H and O–H groups in total. The van der Waals surface area contributed by atoms with Gasteiger partial charge in [0.05, 0.1) is 0 Å². The molecular formula is C11H16F3N3O3. The van der Waals surface area contributed by atoms with Crippen molar-refractivity contribution >= 4 is 11.9 Å². The van der Waals surface area contributed by atoms with Gasteiger partial charge in [0.25, 0.3) is 0 Å². The van der Waals surface area contributed by atoms with Gasteiger partial charge in [0.2, 0.25) is 5.88 Å². The van der Waals surface area contributed by atoms with Gasteiger partial charge in [-0.2, -0.15) is 13.2 Å². The molecule has 1 heterocycles. The molecule has 0 unspecified atom stereocenters. The second-order valence-electron chi connectivity index (χ2n) is 5.02. The van der Waals surface area contributed by atoms with Crippen molar-refractivity contribution in [2.45, 2.75) is 32.5 Å². The molecule has 1 aromatic heterocycles. The lowest BCUT2D eigenvalue weighted by atomic mass is 10.2. The van der Waals surface area contributed by atoms with Gasteiger partial charge in [-0.05, 0) is 20.8 Å². The molecule has 114 valence electrons. The number of nitrogens with one attached hydrogen (secondary N) is 1. The number of carbonyl (C=O) groups excluding carboxylic acids is 1. The van der Waals surface area contributed by atoms with E-state index in [9.17, 15) is 18.0 Å². The molecule has 0 bridgehead atoms. The Bertz CT molecular complexity index is 477. The third kappa shape index (κ3) is 5.81. The number of hydrogen-bond donors (Lipinski definition) is 1. The van der Waals surface area contributed by atoms with Gasteiger partial charge in [-0.3, -0.25) is 5.32 Å². The number of aryl methyl sites for hydroxylation is 1. The fraction of sp³-hybridized carbons (Fsp3) is 0.636. The third-order valence-corrected chi connectivity index (χ3v) is 1.87. The summed E-state index contributed by atoms with van der Waals surface area (Å²) in [6.45, 7) is 3.62. The quantitative estimate of drug-likeness (QED) is 0.931. The molecule has 1 rings (SSSR count). The molecule has 0 saturated carbocycles. The molecule has 1 aromatic rings. The van der Waals surface area contributed by atoms with Gasteiger partial charge in [-0.25, -0.2) is 9.48 Å². The molecule has 0 aliphatic rings. The van der Waals surface area contributed by atoms with Crippen LogP contribution in [0.1, 0.15) is 20.8 Å². The van der Waals surface area contributed by atoms with E-state index in [1.165, 1.54) is 17.8 Å². The maximum atomic E-state index is 12.0. The molecule has 0 fully saturated rings. The van der Waals surface area contributed by atoms with E-state index in [0.717, 1.165) is 0 Å². The number of alkyl halides is 3. The Morgan fingerprint density at radius 3 is 2.50 bits per heavy atom. The first kappa shape index (κ1) is 16.1. The highest BCUT2D eigenvalue weighted by Crippen LogP contribution is 2.20. The molecule has 20 heavy (non-hydrogen) atoms. The van der Waals surface area contributed by atoms with Crippen molar-refractivity contribution in [1.82, 2.24) is 9.78 Å². The second kappa shape index (κ2) is 5.59. The average Bonchev–Trinajstić information content (AvgIpc) is 2.53. The molecule has 0 radical (unpaired) electrons. The first-order valence-corrected chi connectivity index (χ1v) is 5.70. The number of hydrogen-bond acceptors (Lipinski definition) is 4. The van der Waals surface area contributed by atoms with E-state index in [1.807, 2.05) is 0 Å². The van der Waals surface area contributed by atoms with E-state index in [2.05, 4.69) is 15.2 Å². The highest BCUT2D eigenvalue weighted by Gasteiger charge is 2.29. The van der Waals surface area contributed by atoms with E-state index >= 15 is 0 Å². The predicted octanol–water partition coefficient (Wildman–Crippen LogP) is 2.71. The van der Waals surface area contributed by atoms with Gasteiger partial charge in [-0.1, -0.05) is 0 Å². The fourth-order valence-electron chi connectivity index (χ4n) is 1.19. The van der Waals surface area contributed by atoms with Crippen LogP contribution in [-0.4, -0.2) is 34.3 Å². The number of rotatable bonds is 3. The molecule has 0 saturated heterocycles. The van der Waals surface area contributed by atoms with Crippen molar-refractivity contribution in [3.63, 3.8) is 0 Å². The SMILES string of the molecule is Cn1nc(OCC(F)(F)F)cc1NC(=O)OC(C)(C)C. The first-order valence-electron chi connectivity index (χ1n) is 5.70. The Balaban J connectivity index is 2.64. The minimum atomic E-state index is -4.45. The highest BCUT2D eigenvalue weighted by atomic mass is 19.4. The number of ether oxygens (including phenoxy) is 2. The third-order valence-electron chi connectivity index (χ3n) is 1.87. The van der Waals surface area contributed by atoms with Crippen LogP contribution in [0.25, 0.3) is 0 Å². The fourth-order valence-corrected chi connectivity index (χ4v) is 1.19. The summed E-state index contributed by atoms with van der Waals surface area (Å²) >= 11 is 0. The maximum absolute atomic E-state index is 12.0. The molecule has 0 aliphatic carbocycles. The Kier molecular flexibility index (Phi) is 4.51. The first-order chi connectivity index (χ1) is 8.96. The Hall–Kier alpha value is -1.93. The van der Waals surface area contributed by atoms with Gasteiger partial charge >= 0.3 is 12.3 Å². The monoisotopic (exact) mass is 295 g/mol. The second-order valence-corrected chi connectivity index (χ2v) is 5.02. The molecule has 0 atom stereocenters. The summed E-state index contributed by atoms with van der Waals surface area (Å²) in [5, 5.41) is 6.05. The van der Waals surface area contributed by atoms with E-state index in [-0.39, 0.29) is 11.7 Å². The van der Waals surface area contributed by atoms with E-state index in [1.54, 1.807) is 20.8 Å². The molecule has 0 spiro atoms. The largest absolute Gasteiger partial charge is 0.467 e. The van der Waals surface area contributed by atoms with Crippen LogP contribution in [0.5, 0.6) is 5.88 Å². The number of aromatic nitrogens is 2. The van der Waals surface area contributed by atoms with Crippen LogP contribution < -0.4 is 10.1 Å². The van der Waals surface area contributed by atoms with Gasteiger partial charge in [0.15, 0.2) is 6.61 Å². The van der Waals surface area contributed by atoms with E-state index in [0.29, 0.717) is 0 Å². The molecule has 1 amide bonds. The molecule has 0 aromatic carbocycles. The van der Waals surface area contributed by atoms with Crippen LogP contribution in [-0.2, 0) is 11.8 Å². The summed E-state index contributed by atoms with van der Waals surface area (Å²) < 4.78 is 46.6. The van der Waals surface area contributed by atoms with Crippen molar-refractivity contribution in [3.05, 3.63) is 6.07 Å². The number of amides is 1. The van der Waals surface area contributed by atoms with Crippen molar-refractivity contribution in [2.75, 3.05) is 11.9 Å². The number of halogens is 3. The van der Waals surface area contributed by atoms with Crippen LogP contribution in [0.2, 0.25) is 0 Å². The summed E-state index contributed by atoms with van der Waals surface area (Å²) in [5.41, 5.74) is -0.682. The zero-order valence-corrected chi connectivity index (χ0v) is 11.5. The predicted molar refractivity (Wildman–Crippen MR) is 64.6 cm³/mol. The minimum Gasteiger partial charge on any atom is -0.467 e. The van der Waals surface area contributed by atoms with Crippen molar-refractivity contribution < 1.29 is 27.4 Å². The molecular weight excluding hydrogens is 279 g/mol. The normalized spacial score (nSPS) is 12.2. The average molecular weight is 295 g/mol. The van der Waals surface area contributed by atoms with Gasteiger partial charge in [-0.15, -0.1) is 5.10 Å². The highest BCUT2D eigenvalue weighted by molar-refractivity contribution is 5.83. The number of carbonyl (C=O) groups is 1. The van der Waals surface area contributed by atoms with Crippen LogP contribution in [0, 0.1) is 0 Å². The summed E-state index contributed by atoms with van der Waals surface area (Å²) in [5.74, 6) is -0.0766. The zero-order chi connectivity index (χ0) is 15.6. The standard InChI is InChI=1S/C11H16F3N3O3/c1-10(2,3)20-9(18)15-7-5-8(16-17(7)4)19-6-11(12,13)14/h5H,6H2,1-4H3,(H,15,18). The lowest BCUT2D eigenvalue weighted by Crippen LogP contribution is -2.27. The molecule has 6 nitrogen and oxygen atoms in total. The van der Waals surface area contributed by atoms with Crippen LogP contribution in [0.15, 0.2) is 6.07 Å². The molecule has 0 aliphatic heterocycles. The number of anilines is 1. The Morgan fingerprint density at radius 1 is 1.40 bits per heavy atom. The summed E-state index contributed by atoms with van der Waals surface area (Å²) in [6.07, 6.45) is -5.18. The van der Waals surface area contributed by atoms with Crippen molar-refractivity contribution in [1.29, 1.82) is 0 Å². The van der Waals surface area contributed by atoms with E-state index in [4.69, 9.17) is 4.74 Å². The van der Waals surface area contributed by atoms with Crippen molar-refractivity contribution in [3.8, 4) is 5.88 Å². The molecule has 9 heteroatoms. The summed E-state index contributed by atoms with van der Waals surface area (Å²) in [6, 6.07) is 1.18. The Morgan fingerprint density at radius 2 is 2.00 bits per heavy atom. The van der Waals surface area contributed by atoms with Gasteiger partial charge in [0.1, 0.15) is 11.4 Å². The van der Waals surface area contributed by atoms with Crippen molar-refractivity contribution in [2.24, 2.45) is 7.05 Å². The van der Waals surface area contributed by atoms with Gasteiger partial charge < -0.3 is 9.47 Å². The minimum absolute atomic E-state index is 0.163. The Labute approximate surface area is 113 Å². The van der Waals surface area contributed by atoms with Crippen LogP contribution >= 0.6 is 0 Å². The van der Waals surface area contributed by atoms with Gasteiger partial charge in [0, 0.05) is 13.1 Å². The summed E-state index contributed by atoms with van der Waals surface area (Å²) in [7, 11) is 1.45. The zero-order valence-electron chi connectivity index (χ0n) is 11.5.